The van der Waals surface area contributed by atoms with Crippen molar-refractivity contribution in [2.45, 2.75) is 13.8 Å². The predicted molar refractivity (Wildman–Crippen MR) is 117 cm³/mol. The molecule has 2 aromatic heterocycles. The van der Waals surface area contributed by atoms with Crippen LogP contribution in [0.4, 0.5) is 5.69 Å². The Morgan fingerprint density at radius 2 is 2.03 bits per heavy atom. The summed E-state index contributed by atoms with van der Waals surface area (Å²) in [6.45, 7) is 4.07. The Kier molecular flexibility index (Phi) is 4.98. The van der Waals surface area contributed by atoms with Crippen LogP contribution in [0.25, 0.3) is 27.8 Å². The first-order valence-corrected chi connectivity index (χ1v) is 9.87. The molecule has 0 saturated heterocycles. The third-order valence-electron chi connectivity index (χ3n) is 4.75. The Bertz CT molecular complexity index is 1340. The molecule has 0 radical (unpaired) electrons. The molecule has 0 amide bonds. The smallest absolute Gasteiger partial charge is 0.345 e. The van der Waals surface area contributed by atoms with Crippen molar-refractivity contribution in [2.24, 2.45) is 0 Å². The van der Waals surface area contributed by atoms with Gasteiger partial charge in [-0.05, 0) is 43.2 Å². The largest absolute Gasteiger partial charge is 0.422 e. The SMILES string of the molecule is Cc1cccc(N/C=C(/C#N)c2nc(-c3cc4ccccc4oc3=O)cs2)c1C. The van der Waals surface area contributed by atoms with E-state index >= 15 is 0 Å². The first kappa shape index (κ1) is 18.7. The molecule has 29 heavy (non-hydrogen) atoms. The number of nitrogens with zero attached hydrogens (tertiary/aromatic N) is 2. The molecule has 0 atom stereocenters. The van der Waals surface area contributed by atoms with Crippen LogP contribution in [0.1, 0.15) is 16.1 Å². The third kappa shape index (κ3) is 3.68. The fraction of sp³-hybridized carbons (Fsp3) is 0.0870. The van der Waals surface area contributed by atoms with Crippen LogP contribution >= 0.6 is 11.3 Å². The lowest BCUT2D eigenvalue weighted by atomic mass is 10.1. The van der Waals surface area contributed by atoms with Gasteiger partial charge in [0.1, 0.15) is 22.2 Å². The van der Waals surface area contributed by atoms with Crippen molar-refractivity contribution in [1.29, 1.82) is 5.26 Å². The molecule has 2 aromatic carbocycles. The minimum atomic E-state index is -0.448. The molecule has 0 saturated carbocycles. The van der Waals surface area contributed by atoms with Gasteiger partial charge in [0.2, 0.25) is 0 Å². The highest BCUT2D eigenvalue weighted by atomic mass is 32.1. The van der Waals surface area contributed by atoms with Crippen LogP contribution in [-0.2, 0) is 0 Å². The van der Waals surface area contributed by atoms with Gasteiger partial charge in [0.05, 0.1) is 11.3 Å². The fourth-order valence-electron chi connectivity index (χ4n) is 2.96. The molecule has 4 aromatic rings. The van der Waals surface area contributed by atoms with E-state index in [2.05, 4.69) is 16.4 Å². The van der Waals surface area contributed by atoms with Crippen molar-refractivity contribution in [3.8, 4) is 17.3 Å². The summed E-state index contributed by atoms with van der Waals surface area (Å²) in [7, 11) is 0. The summed E-state index contributed by atoms with van der Waals surface area (Å²) >= 11 is 1.31. The number of para-hydroxylation sites is 1. The minimum absolute atomic E-state index is 0.381. The summed E-state index contributed by atoms with van der Waals surface area (Å²) in [4.78, 5) is 16.9. The van der Waals surface area contributed by atoms with E-state index in [9.17, 15) is 10.1 Å². The second-order valence-electron chi connectivity index (χ2n) is 6.58. The fourth-order valence-corrected chi connectivity index (χ4v) is 3.75. The predicted octanol–water partition coefficient (Wildman–Crippen LogP) is 5.51. The van der Waals surface area contributed by atoms with E-state index in [0.29, 0.717) is 27.4 Å². The molecule has 0 bridgehead atoms. The van der Waals surface area contributed by atoms with Crippen molar-refractivity contribution < 1.29 is 4.42 Å². The minimum Gasteiger partial charge on any atom is -0.422 e. The number of nitrogens with one attached hydrogen (secondary N) is 1. The molecule has 0 unspecified atom stereocenters. The number of hydrogen-bond donors (Lipinski definition) is 1. The van der Waals surface area contributed by atoms with Gasteiger partial charge in [-0.15, -0.1) is 11.3 Å². The van der Waals surface area contributed by atoms with Gasteiger partial charge in [-0.2, -0.15) is 5.26 Å². The number of aryl methyl sites for hydroxylation is 1. The van der Waals surface area contributed by atoms with Crippen molar-refractivity contribution in [1.82, 2.24) is 4.98 Å². The van der Waals surface area contributed by atoms with Crippen molar-refractivity contribution in [2.75, 3.05) is 5.32 Å². The van der Waals surface area contributed by atoms with E-state index < -0.39 is 5.63 Å². The van der Waals surface area contributed by atoms with E-state index in [4.69, 9.17) is 4.42 Å². The average Bonchev–Trinajstić information content (AvgIpc) is 3.20. The topological polar surface area (TPSA) is 78.9 Å². The van der Waals surface area contributed by atoms with Crippen LogP contribution < -0.4 is 10.9 Å². The second kappa shape index (κ2) is 7.74. The standard InChI is InChI=1S/C23H17N3O2S/c1-14-6-5-8-19(15(14)2)25-12-17(11-24)22-26-20(13-29-22)18-10-16-7-3-4-9-21(16)28-23(18)27/h3-10,12-13,25H,1-2H3/b17-12-. The number of anilines is 1. The van der Waals surface area contributed by atoms with Crippen molar-refractivity contribution in [3.63, 3.8) is 0 Å². The van der Waals surface area contributed by atoms with Crippen LogP contribution in [0.3, 0.4) is 0 Å². The number of benzene rings is 2. The zero-order valence-corrected chi connectivity index (χ0v) is 16.7. The summed E-state index contributed by atoms with van der Waals surface area (Å²) in [6.07, 6.45) is 1.65. The Labute approximate surface area is 171 Å². The van der Waals surface area contributed by atoms with Crippen LogP contribution in [0.2, 0.25) is 0 Å². The molecule has 4 rings (SSSR count). The molecular weight excluding hydrogens is 382 g/mol. The van der Waals surface area contributed by atoms with Crippen LogP contribution in [0.15, 0.2) is 69.3 Å². The number of allylic oxidation sites excluding steroid dienone is 1. The normalized spacial score (nSPS) is 11.4. The van der Waals surface area contributed by atoms with Crippen LogP contribution in [0, 0.1) is 25.2 Å². The van der Waals surface area contributed by atoms with Gasteiger partial charge in [0.15, 0.2) is 0 Å². The number of rotatable bonds is 4. The van der Waals surface area contributed by atoms with Gasteiger partial charge >= 0.3 is 5.63 Å². The number of fused-ring (bicyclic) bond motifs is 1. The molecule has 142 valence electrons. The third-order valence-corrected chi connectivity index (χ3v) is 5.62. The molecule has 1 N–H and O–H groups in total. The van der Waals surface area contributed by atoms with Gasteiger partial charge in [-0.3, -0.25) is 0 Å². The van der Waals surface area contributed by atoms with E-state index in [-0.39, 0.29) is 0 Å². The molecule has 2 heterocycles. The Balaban J connectivity index is 1.67. The summed E-state index contributed by atoms with van der Waals surface area (Å²) in [5.74, 6) is 0. The van der Waals surface area contributed by atoms with Crippen LogP contribution in [0.5, 0.6) is 0 Å². The Morgan fingerprint density at radius 1 is 1.21 bits per heavy atom. The number of thiazole rings is 1. The maximum absolute atomic E-state index is 12.4. The first-order valence-electron chi connectivity index (χ1n) is 8.99. The zero-order valence-electron chi connectivity index (χ0n) is 15.9. The van der Waals surface area contributed by atoms with Crippen LogP contribution in [-0.4, -0.2) is 4.98 Å². The molecule has 0 aliphatic rings. The van der Waals surface area contributed by atoms with Gasteiger partial charge < -0.3 is 9.73 Å². The highest BCUT2D eigenvalue weighted by Gasteiger charge is 2.14. The first-order chi connectivity index (χ1) is 14.1. The number of nitriles is 1. The maximum atomic E-state index is 12.4. The lowest BCUT2D eigenvalue weighted by Gasteiger charge is -2.08. The molecule has 0 fully saturated rings. The van der Waals surface area contributed by atoms with Gasteiger partial charge in [-0.25, -0.2) is 9.78 Å². The van der Waals surface area contributed by atoms with Gasteiger partial charge in [-0.1, -0.05) is 30.3 Å². The van der Waals surface area contributed by atoms with Crippen molar-refractivity contribution in [3.05, 3.63) is 86.7 Å². The highest BCUT2D eigenvalue weighted by molar-refractivity contribution is 7.11. The average molecular weight is 399 g/mol. The van der Waals surface area contributed by atoms with Crippen molar-refractivity contribution >= 4 is 33.6 Å². The number of hydrogen-bond acceptors (Lipinski definition) is 6. The summed E-state index contributed by atoms with van der Waals surface area (Å²) in [6, 6.07) is 17.2. The molecule has 6 heteroatoms. The van der Waals surface area contributed by atoms with E-state index in [1.807, 2.05) is 50.2 Å². The monoisotopic (exact) mass is 399 g/mol. The Morgan fingerprint density at radius 3 is 2.86 bits per heavy atom. The molecule has 0 spiro atoms. The van der Waals surface area contributed by atoms with E-state index in [1.165, 1.54) is 16.9 Å². The highest BCUT2D eigenvalue weighted by Crippen LogP contribution is 2.27. The number of aromatic nitrogens is 1. The summed E-state index contributed by atoms with van der Waals surface area (Å²) in [5, 5.41) is 15.9. The zero-order chi connectivity index (χ0) is 20.4. The van der Waals surface area contributed by atoms with E-state index in [1.54, 1.807) is 23.7 Å². The summed E-state index contributed by atoms with van der Waals surface area (Å²) in [5.41, 5.74) is 4.58. The van der Waals surface area contributed by atoms with Gasteiger partial charge in [0, 0.05) is 22.7 Å². The quantitative estimate of drug-likeness (QED) is 0.362. The molecule has 5 nitrogen and oxygen atoms in total. The Hall–Kier alpha value is -3.69. The lowest BCUT2D eigenvalue weighted by molar-refractivity contribution is 0.563. The maximum Gasteiger partial charge on any atom is 0.345 e. The molecule has 0 aliphatic heterocycles. The summed E-state index contributed by atoms with van der Waals surface area (Å²) < 4.78 is 5.39. The molecule has 0 aliphatic carbocycles. The lowest BCUT2D eigenvalue weighted by Crippen LogP contribution is -2.03. The van der Waals surface area contributed by atoms with Gasteiger partial charge in [0.25, 0.3) is 0 Å². The van der Waals surface area contributed by atoms with E-state index in [0.717, 1.165) is 16.6 Å². The second-order valence-corrected chi connectivity index (χ2v) is 7.44. The molecular formula is C23H17N3O2S.